The lowest BCUT2D eigenvalue weighted by atomic mass is 9.98. The Balaban J connectivity index is 1.27. The van der Waals surface area contributed by atoms with Crippen molar-refractivity contribution >= 4 is 17.2 Å². The highest BCUT2D eigenvalue weighted by Crippen LogP contribution is 2.31. The Bertz CT molecular complexity index is 1740. The predicted octanol–water partition coefficient (Wildman–Crippen LogP) is 4.93. The molecule has 1 aliphatic heterocycles. The molecule has 0 radical (unpaired) electrons. The summed E-state index contributed by atoms with van der Waals surface area (Å²) in [5.41, 5.74) is 6.33. The van der Waals surface area contributed by atoms with E-state index in [0.717, 1.165) is 38.9 Å². The number of hydrogen-bond acceptors (Lipinski definition) is 9. The Morgan fingerprint density at radius 3 is 2.49 bits per heavy atom. The summed E-state index contributed by atoms with van der Waals surface area (Å²) in [6, 6.07) is 22.2. The minimum absolute atomic E-state index is 0.223. The van der Waals surface area contributed by atoms with Gasteiger partial charge in [0.05, 0.1) is 37.4 Å². The average molecular weight is 557 g/mol. The fourth-order valence-corrected chi connectivity index (χ4v) is 4.93. The van der Waals surface area contributed by atoms with Crippen LogP contribution in [0.4, 0.5) is 4.79 Å². The van der Waals surface area contributed by atoms with Gasteiger partial charge in [-0.2, -0.15) is 4.98 Å². The normalized spacial score (nSPS) is 16.6. The first-order valence-electron chi connectivity index (χ1n) is 13.3. The van der Waals surface area contributed by atoms with Gasteiger partial charge in [0.15, 0.2) is 11.9 Å². The van der Waals surface area contributed by atoms with Gasteiger partial charge in [0, 0.05) is 11.1 Å². The van der Waals surface area contributed by atoms with E-state index in [1.165, 1.54) is 0 Å². The van der Waals surface area contributed by atoms with Gasteiger partial charge in [-0.1, -0.05) is 65.8 Å². The molecule has 3 aromatic carbocycles. The summed E-state index contributed by atoms with van der Waals surface area (Å²) in [5, 5.41) is 3.85. The molecule has 0 amide bonds. The van der Waals surface area contributed by atoms with Crippen LogP contribution in [0.2, 0.25) is 0 Å². The number of rotatable bonds is 10. The molecule has 3 heterocycles. The van der Waals surface area contributed by atoms with E-state index >= 15 is 0 Å². The maximum absolute atomic E-state index is 11.5. The summed E-state index contributed by atoms with van der Waals surface area (Å²) < 4.78 is 28.8. The fraction of sp³-hybridized carbons (Fsp3) is 0.267. The van der Waals surface area contributed by atoms with Crippen LogP contribution in [0.25, 0.3) is 33.5 Å². The minimum Gasteiger partial charge on any atom is -0.465 e. The first-order valence-corrected chi connectivity index (χ1v) is 13.3. The largest absolute Gasteiger partial charge is 0.509 e. The number of ether oxygens (including phenoxy) is 4. The number of imidazole rings is 1. The summed E-state index contributed by atoms with van der Waals surface area (Å²) in [6.45, 7) is 5.22. The molecule has 0 spiro atoms. The number of H-pyrrole nitrogens is 1. The number of cyclic esters (lactones) is 2. The number of hydrogen-bond donors (Lipinski definition) is 1. The molecule has 5 aromatic rings. The average Bonchev–Trinajstić information content (AvgIpc) is 3.66. The highest BCUT2D eigenvalue weighted by Gasteiger charge is 2.33. The molecule has 1 aliphatic rings. The Hall–Kier alpha value is -4.90. The number of para-hydroxylation sites is 1. The van der Waals surface area contributed by atoms with Gasteiger partial charge in [-0.15, -0.1) is 0 Å². The van der Waals surface area contributed by atoms with Crippen molar-refractivity contribution < 1.29 is 28.3 Å². The topological polar surface area (TPSA) is 131 Å². The fourth-order valence-electron chi connectivity index (χ4n) is 4.93. The van der Waals surface area contributed by atoms with Crippen LogP contribution in [0.15, 0.2) is 76.0 Å². The van der Waals surface area contributed by atoms with Gasteiger partial charge in [-0.3, -0.25) is 14.1 Å². The standard InChI is InChI=1S/C30H28N4O7/c1-3-38-28-31-24-10-6-7-21(16-37-17-25-18(2)39-30(36)40-25)26(24)34(28)15-19-11-13-20(14-12-19)22-8-4-5-9-23(22)27-32-29(35)41-33-27/h4-14,18,25H,3,15-17H2,1-2H3,(H,32,33,35). The highest BCUT2D eigenvalue weighted by molar-refractivity contribution is 5.81. The van der Waals surface area contributed by atoms with Crippen LogP contribution in [-0.4, -0.2) is 51.3 Å². The second kappa shape index (κ2) is 11.3. The van der Waals surface area contributed by atoms with Crippen LogP contribution in [0, 0.1) is 0 Å². The number of aromatic amines is 1. The molecule has 1 saturated heterocycles. The Morgan fingerprint density at radius 1 is 0.976 bits per heavy atom. The third-order valence-electron chi connectivity index (χ3n) is 6.91. The zero-order valence-electron chi connectivity index (χ0n) is 22.5. The number of fused-ring (bicyclic) bond motifs is 1. The highest BCUT2D eigenvalue weighted by atomic mass is 16.8. The number of carbonyl (C=O) groups excluding carboxylic acids is 1. The smallest absolute Gasteiger partial charge is 0.465 e. The predicted molar refractivity (Wildman–Crippen MR) is 148 cm³/mol. The van der Waals surface area contributed by atoms with Crippen molar-refractivity contribution in [3.8, 4) is 28.5 Å². The maximum atomic E-state index is 11.5. The van der Waals surface area contributed by atoms with E-state index in [-0.39, 0.29) is 12.7 Å². The van der Waals surface area contributed by atoms with Crippen molar-refractivity contribution in [3.05, 3.63) is 88.4 Å². The van der Waals surface area contributed by atoms with Gasteiger partial charge in [-0.05, 0) is 36.6 Å². The lowest BCUT2D eigenvalue weighted by Crippen LogP contribution is -2.25. The molecule has 1 N–H and O–H groups in total. The van der Waals surface area contributed by atoms with Crippen LogP contribution < -0.4 is 10.5 Å². The van der Waals surface area contributed by atoms with Crippen molar-refractivity contribution in [3.63, 3.8) is 0 Å². The SMILES string of the molecule is CCOc1nc2cccc(COCC3OC(=O)OC3C)c2n1Cc1ccc(-c2ccccc2-c2noc(=O)[nH]2)cc1. The van der Waals surface area contributed by atoms with E-state index in [2.05, 4.69) is 10.1 Å². The van der Waals surface area contributed by atoms with E-state index in [1.807, 2.05) is 78.2 Å². The van der Waals surface area contributed by atoms with Gasteiger partial charge in [0.25, 0.3) is 6.01 Å². The maximum Gasteiger partial charge on any atom is 0.509 e. The molecule has 0 bridgehead atoms. The van der Waals surface area contributed by atoms with Crippen LogP contribution in [0.3, 0.4) is 0 Å². The van der Waals surface area contributed by atoms with Crippen molar-refractivity contribution in [2.75, 3.05) is 13.2 Å². The number of nitrogens with one attached hydrogen (secondary N) is 1. The quantitative estimate of drug-likeness (QED) is 0.238. The van der Waals surface area contributed by atoms with Gasteiger partial charge in [-0.25, -0.2) is 9.59 Å². The van der Waals surface area contributed by atoms with E-state index in [4.69, 9.17) is 28.5 Å². The first-order chi connectivity index (χ1) is 20.0. The summed E-state index contributed by atoms with van der Waals surface area (Å²) in [7, 11) is 0. The van der Waals surface area contributed by atoms with Gasteiger partial charge >= 0.3 is 11.9 Å². The van der Waals surface area contributed by atoms with Crippen molar-refractivity contribution in [1.29, 1.82) is 0 Å². The molecule has 0 saturated carbocycles. The number of benzene rings is 3. The van der Waals surface area contributed by atoms with Crippen LogP contribution in [0.5, 0.6) is 6.01 Å². The monoisotopic (exact) mass is 556 g/mol. The molecule has 210 valence electrons. The molecule has 2 unspecified atom stereocenters. The van der Waals surface area contributed by atoms with E-state index in [9.17, 15) is 9.59 Å². The minimum atomic E-state index is -0.671. The molecule has 0 aliphatic carbocycles. The number of aromatic nitrogens is 4. The Morgan fingerprint density at radius 2 is 1.78 bits per heavy atom. The van der Waals surface area contributed by atoms with Gasteiger partial charge < -0.3 is 18.9 Å². The summed E-state index contributed by atoms with van der Waals surface area (Å²) in [4.78, 5) is 30.3. The number of carbonyl (C=O) groups is 1. The molecule has 1 fully saturated rings. The van der Waals surface area contributed by atoms with Crippen molar-refractivity contribution in [1.82, 2.24) is 19.7 Å². The van der Waals surface area contributed by atoms with Crippen LogP contribution >= 0.6 is 0 Å². The Kier molecular flexibility index (Phi) is 7.26. The summed E-state index contributed by atoms with van der Waals surface area (Å²) in [5.74, 6) is -0.220. The molecule has 2 aromatic heterocycles. The molecule has 11 heteroatoms. The zero-order valence-corrected chi connectivity index (χ0v) is 22.5. The second-order valence-corrected chi connectivity index (χ2v) is 9.63. The van der Waals surface area contributed by atoms with E-state index in [0.29, 0.717) is 31.6 Å². The lowest BCUT2D eigenvalue weighted by Gasteiger charge is -2.14. The van der Waals surface area contributed by atoms with Crippen molar-refractivity contribution in [2.45, 2.75) is 39.2 Å². The summed E-state index contributed by atoms with van der Waals surface area (Å²) in [6.07, 6.45) is -1.48. The molecular weight excluding hydrogens is 528 g/mol. The van der Waals surface area contributed by atoms with Crippen molar-refractivity contribution in [2.24, 2.45) is 0 Å². The molecular formula is C30H28N4O7. The molecule has 2 atom stereocenters. The lowest BCUT2D eigenvalue weighted by molar-refractivity contribution is 0.0267. The summed E-state index contributed by atoms with van der Waals surface area (Å²) >= 11 is 0. The van der Waals surface area contributed by atoms with Crippen LogP contribution in [-0.2, 0) is 27.4 Å². The second-order valence-electron chi connectivity index (χ2n) is 9.63. The third kappa shape index (κ3) is 5.44. The van der Waals surface area contributed by atoms with E-state index in [1.54, 1.807) is 6.92 Å². The van der Waals surface area contributed by atoms with Gasteiger partial charge in [0.1, 0.15) is 6.10 Å². The third-order valence-corrected chi connectivity index (χ3v) is 6.91. The van der Waals surface area contributed by atoms with Crippen LogP contribution in [0.1, 0.15) is 25.0 Å². The molecule has 41 heavy (non-hydrogen) atoms. The van der Waals surface area contributed by atoms with Gasteiger partial charge in [0.2, 0.25) is 0 Å². The molecule has 11 nitrogen and oxygen atoms in total. The number of nitrogens with zero attached hydrogens (tertiary/aromatic N) is 3. The molecule has 6 rings (SSSR count). The zero-order chi connectivity index (χ0) is 28.3. The first kappa shape index (κ1) is 26.3. The Labute approximate surface area is 234 Å². The van der Waals surface area contributed by atoms with E-state index < -0.39 is 18.0 Å².